The minimum absolute atomic E-state index is 0.0216. The first-order chi connectivity index (χ1) is 15.3. The summed E-state index contributed by atoms with van der Waals surface area (Å²) in [5.74, 6) is 0.0453. The van der Waals surface area contributed by atoms with Crippen molar-refractivity contribution >= 4 is 40.7 Å². The van der Waals surface area contributed by atoms with Crippen LogP contribution < -0.4 is 10.6 Å². The molecule has 0 fully saturated rings. The Bertz CT molecular complexity index is 1110. The number of amides is 2. The first kappa shape index (κ1) is 23.7. The van der Waals surface area contributed by atoms with Gasteiger partial charge in [-0.25, -0.2) is 9.67 Å². The van der Waals surface area contributed by atoms with Gasteiger partial charge in [0.2, 0.25) is 11.7 Å². The number of anilines is 1. The second-order valence-corrected chi connectivity index (χ2v) is 8.17. The van der Waals surface area contributed by atoms with Crippen LogP contribution in [-0.4, -0.2) is 52.1 Å². The fourth-order valence-electron chi connectivity index (χ4n) is 3.05. The number of para-hydroxylation sites is 1. The summed E-state index contributed by atoms with van der Waals surface area (Å²) in [6, 6.07) is 12.4. The van der Waals surface area contributed by atoms with Gasteiger partial charge in [0.05, 0.1) is 16.6 Å². The molecule has 0 unspecified atom stereocenters. The van der Waals surface area contributed by atoms with Crippen LogP contribution >= 0.6 is 23.2 Å². The van der Waals surface area contributed by atoms with Gasteiger partial charge >= 0.3 is 0 Å². The molecule has 0 atom stereocenters. The van der Waals surface area contributed by atoms with Crippen LogP contribution in [0.15, 0.2) is 42.5 Å². The van der Waals surface area contributed by atoms with E-state index in [-0.39, 0.29) is 24.8 Å². The van der Waals surface area contributed by atoms with Gasteiger partial charge in [0.1, 0.15) is 11.5 Å². The van der Waals surface area contributed by atoms with Gasteiger partial charge in [-0.15, -0.1) is 5.10 Å². The van der Waals surface area contributed by atoms with Crippen molar-refractivity contribution in [3.63, 3.8) is 0 Å². The van der Waals surface area contributed by atoms with E-state index in [0.717, 1.165) is 5.56 Å². The molecule has 2 aromatic carbocycles. The standard InChI is InChI=1S/C22H24Cl2N6O2/c1-4-18-27-21(28-30(18)20-16(23)9-6-10-17(20)24)22(32)25-12-14-7-5-8-15(11-14)26-19(31)13-29(2)3/h5-11H,4,12-13H2,1-3H3,(H,25,32)(H,26,31). The second kappa shape index (κ2) is 10.6. The Morgan fingerprint density at radius 2 is 1.78 bits per heavy atom. The molecule has 0 aliphatic heterocycles. The zero-order valence-electron chi connectivity index (χ0n) is 18.0. The Balaban J connectivity index is 1.72. The Morgan fingerprint density at radius 3 is 2.44 bits per heavy atom. The molecule has 2 N–H and O–H groups in total. The molecule has 3 rings (SSSR count). The Hall–Kier alpha value is -2.94. The van der Waals surface area contributed by atoms with Crippen LogP contribution in [0.3, 0.4) is 0 Å². The van der Waals surface area contributed by atoms with Crippen molar-refractivity contribution in [1.82, 2.24) is 25.0 Å². The predicted molar refractivity (Wildman–Crippen MR) is 126 cm³/mol. The zero-order valence-corrected chi connectivity index (χ0v) is 19.5. The van der Waals surface area contributed by atoms with Gasteiger partial charge in [-0.2, -0.15) is 0 Å². The first-order valence-electron chi connectivity index (χ1n) is 10.0. The number of carbonyl (C=O) groups excluding carboxylic acids is 2. The van der Waals surface area contributed by atoms with Crippen LogP contribution in [0.1, 0.15) is 28.9 Å². The predicted octanol–water partition coefficient (Wildman–Crippen LogP) is 3.57. The van der Waals surface area contributed by atoms with E-state index >= 15 is 0 Å². The fraction of sp³-hybridized carbons (Fsp3) is 0.273. The molecular formula is C22H24Cl2N6O2. The second-order valence-electron chi connectivity index (χ2n) is 7.36. The highest BCUT2D eigenvalue weighted by atomic mass is 35.5. The molecule has 3 aromatic rings. The van der Waals surface area contributed by atoms with E-state index in [2.05, 4.69) is 20.7 Å². The van der Waals surface area contributed by atoms with E-state index in [0.29, 0.717) is 33.7 Å². The van der Waals surface area contributed by atoms with Crippen molar-refractivity contribution < 1.29 is 9.59 Å². The molecule has 168 valence electrons. The zero-order chi connectivity index (χ0) is 23.3. The number of benzene rings is 2. The smallest absolute Gasteiger partial charge is 0.291 e. The lowest BCUT2D eigenvalue weighted by Crippen LogP contribution is -2.27. The van der Waals surface area contributed by atoms with Crippen molar-refractivity contribution in [2.24, 2.45) is 0 Å². The molecule has 1 heterocycles. The highest BCUT2D eigenvalue weighted by Gasteiger charge is 2.19. The number of nitrogens with one attached hydrogen (secondary N) is 2. The Kier molecular flexibility index (Phi) is 7.84. The molecular weight excluding hydrogens is 451 g/mol. The summed E-state index contributed by atoms with van der Waals surface area (Å²) in [6.07, 6.45) is 0.538. The number of aromatic nitrogens is 3. The maximum absolute atomic E-state index is 12.7. The van der Waals surface area contributed by atoms with E-state index < -0.39 is 5.91 Å². The van der Waals surface area contributed by atoms with Crippen LogP contribution in [0.2, 0.25) is 10.0 Å². The molecule has 2 amide bonds. The third-order valence-corrected chi connectivity index (χ3v) is 5.08. The van der Waals surface area contributed by atoms with Crippen LogP contribution in [-0.2, 0) is 17.8 Å². The number of rotatable bonds is 8. The normalized spacial score (nSPS) is 10.9. The minimum atomic E-state index is -0.427. The van der Waals surface area contributed by atoms with Crippen LogP contribution in [0.25, 0.3) is 5.69 Å². The van der Waals surface area contributed by atoms with E-state index in [9.17, 15) is 9.59 Å². The first-order valence-corrected chi connectivity index (χ1v) is 10.8. The van der Waals surface area contributed by atoms with Gasteiger partial charge in [0.15, 0.2) is 0 Å². The van der Waals surface area contributed by atoms with Gasteiger partial charge in [0, 0.05) is 18.7 Å². The summed E-state index contributed by atoms with van der Waals surface area (Å²) >= 11 is 12.6. The van der Waals surface area contributed by atoms with Crippen LogP contribution in [0.4, 0.5) is 5.69 Å². The maximum Gasteiger partial charge on any atom is 0.291 e. The molecule has 0 radical (unpaired) electrons. The molecule has 1 aromatic heterocycles. The largest absolute Gasteiger partial charge is 0.345 e. The summed E-state index contributed by atoms with van der Waals surface area (Å²) in [5.41, 5.74) is 1.97. The maximum atomic E-state index is 12.7. The third-order valence-electron chi connectivity index (χ3n) is 4.47. The number of nitrogens with zero attached hydrogens (tertiary/aromatic N) is 4. The third kappa shape index (κ3) is 5.85. The van der Waals surface area contributed by atoms with Crippen LogP contribution in [0.5, 0.6) is 0 Å². The van der Waals surface area contributed by atoms with Gasteiger partial charge in [0.25, 0.3) is 5.91 Å². The van der Waals surface area contributed by atoms with E-state index in [1.54, 1.807) is 35.2 Å². The van der Waals surface area contributed by atoms with Gasteiger partial charge in [-0.3, -0.25) is 9.59 Å². The van der Waals surface area contributed by atoms with Crippen LogP contribution in [0, 0.1) is 0 Å². The monoisotopic (exact) mass is 474 g/mol. The topological polar surface area (TPSA) is 92.2 Å². The summed E-state index contributed by atoms with van der Waals surface area (Å²) in [5, 5.41) is 10.8. The van der Waals surface area contributed by atoms with Gasteiger partial charge < -0.3 is 15.5 Å². The number of hydrogen-bond donors (Lipinski definition) is 2. The minimum Gasteiger partial charge on any atom is -0.345 e. The average molecular weight is 475 g/mol. The quantitative estimate of drug-likeness (QED) is 0.520. The lowest BCUT2D eigenvalue weighted by molar-refractivity contribution is -0.116. The SMILES string of the molecule is CCc1nc(C(=O)NCc2cccc(NC(=O)CN(C)C)c2)nn1-c1c(Cl)cccc1Cl. The van der Waals surface area contributed by atoms with Crippen molar-refractivity contribution in [2.75, 3.05) is 26.0 Å². The van der Waals surface area contributed by atoms with E-state index in [4.69, 9.17) is 23.2 Å². The number of aryl methyl sites for hydroxylation is 1. The molecule has 0 saturated carbocycles. The van der Waals surface area contributed by atoms with Crippen molar-refractivity contribution in [2.45, 2.75) is 19.9 Å². The Morgan fingerprint density at radius 1 is 1.09 bits per heavy atom. The van der Waals surface area contributed by atoms with Crippen molar-refractivity contribution in [1.29, 1.82) is 0 Å². The molecule has 0 saturated heterocycles. The summed E-state index contributed by atoms with van der Waals surface area (Å²) in [6.45, 7) is 2.44. The summed E-state index contributed by atoms with van der Waals surface area (Å²) in [7, 11) is 3.65. The molecule has 0 aliphatic rings. The number of likely N-dealkylation sites (N-methyl/N-ethyl adjacent to an activating group) is 1. The average Bonchev–Trinajstić information content (AvgIpc) is 3.15. The fourth-order valence-corrected chi connectivity index (χ4v) is 3.61. The van der Waals surface area contributed by atoms with Crippen molar-refractivity contribution in [3.8, 4) is 5.69 Å². The molecule has 0 spiro atoms. The Labute approximate surface area is 196 Å². The molecule has 10 heteroatoms. The highest BCUT2D eigenvalue weighted by molar-refractivity contribution is 6.37. The lowest BCUT2D eigenvalue weighted by Gasteiger charge is -2.11. The highest BCUT2D eigenvalue weighted by Crippen LogP contribution is 2.28. The number of halogens is 2. The van der Waals surface area contributed by atoms with E-state index in [1.165, 1.54) is 4.68 Å². The van der Waals surface area contributed by atoms with E-state index in [1.807, 2.05) is 33.2 Å². The summed E-state index contributed by atoms with van der Waals surface area (Å²) < 4.78 is 1.50. The number of carbonyl (C=O) groups is 2. The van der Waals surface area contributed by atoms with Crippen molar-refractivity contribution in [3.05, 3.63) is 69.7 Å². The molecule has 8 nitrogen and oxygen atoms in total. The van der Waals surface area contributed by atoms with Gasteiger partial charge in [-0.05, 0) is 43.9 Å². The lowest BCUT2D eigenvalue weighted by atomic mass is 10.2. The molecule has 32 heavy (non-hydrogen) atoms. The number of hydrogen-bond acceptors (Lipinski definition) is 5. The van der Waals surface area contributed by atoms with Gasteiger partial charge in [-0.1, -0.05) is 48.3 Å². The molecule has 0 aliphatic carbocycles. The summed E-state index contributed by atoms with van der Waals surface area (Å²) in [4.78, 5) is 30.8. The molecule has 0 bridgehead atoms.